The third-order valence-electron chi connectivity index (χ3n) is 8.25. The minimum atomic E-state index is 1.00. The largest absolute Gasteiger partial charge is 0.309 e. The highest BCUT2D eigenvalue weighted by Gasteiger charge is 2.14. The molecule has 0 atom stereocenters. The van der Waals surface area contributed by atoms with E-state index in [2.05, 4.69) is 164 Å². The lowest BCUT2D eigenvalue weighted by Gasteiger charge is -2.11. The van der Waals surface area contributed by atoms with Crippen molar-refractivity contribution in [2.45, 2.75) is 13.8 Å². The highest BCUT2D eigenvalue weighted by Crippen LogP contribution is 2.35. The lowest BCUT2D eigenvalue weighted by Crippen LogP contribution is -1.97. The van der Waals surface area contributed by atoms with Gasteiger partial charge in [-0.2, -0.15) is 0 Å². The molecule has 2 nitrogen and oxygen atoms in total. The van der Waals surface area contributed by atoms with Crippen LogP contribution in [-0.4, -0.2) is 9.13 Å². The minimum Gasteiger partial charge on any atom is -0.309 e. The Morgan fingerprint density at radius 1 is 0.605 bits per heavy atom. The Balaban J connectivity index is 1.29. The van der Waals surface area contributed by atoms with Crippen molar-refractivity contribution in [1.29, 1.82) is 0 Å². The molecule has 43 heavy (non-hydrogen) atoms. The summed E-state index contributed by atoms with van der Waals surface area (Å²) in [5.41, 5.74) is 9.46. The molecule has 3 heteroatoms. The Bertz CT molecular complexity index is 2200. The van der Waals surface area contributed by atoms with Crippen LogP contribution in [0.4, 0.5) is 0 Å². The van der Waals surface area contributed by atoms with Crippen molar-refractivity contribution in [2.75, 3.05) is 0 Å². The standard InChI is InChI=1S/C40H32N2S/c1-5-27(2)29(4)43-28(3)18-19-30-20-25-40-36(26-30)35-14-8-11-17-39(35)42(40)32-23-21-31(22-24-32)41-37-15-9-6-12-33(37)34-13-7-10-16-38(34)41/h5-26H,1,3H2,2,4H3/b19-18+,29-27+. The van der Waals surface area contributed by atoms with Gasteiger partial charge in [0.2, 0.25) is 0 Å². The van der Waals surface area contributed by atoms with Gasteiger partial charge in [0.1, 0.15) is 0 Å². The fourth-order valence-corrected chi connectivity index (χ4v) is 6.74. The van der Waals surface area contributed by atoms with Crippen molar-refractivity contribution in [1.82, 2.24) is 9.13 Å². The van der Waals surface area contributed by atoms with Crippen LogP contribution in [0.5, 0.6) is 0 Å². The molecule has 0 amide bonds. The Kier molecular flexibility index (Phi) is 6.89. The van der Waals surface area contributed by atoms with Crippen molar-refractivity contribution < 1.29 is 0 Å². The second kappa shape index (κ2) is 11.0. The van der Waals surface area contributed by atoms with Crippen LogP contribution in [0.1, 0.15) is 19.4 Å². The number of hydrogen-bond acceptors (Lipinski definition) is 1. The monoisotopic (exact) mass is 572 g/mol. The fourth-order valence-electron chi connectivity index (χ4n) is 5.97. The van der Waals surface area contributed by atoms with E-state index in [0.717, 1.165) is 21.8 Å². The predicted octanol–water partition coefficient (Wildman–Crippen LogP) is 11.6. The van der Waals surface area contributed by atoms with Crippen molar-refractivity contribution in [3.63, 3.8) is 0 Å². The van der Waals surface area contributed by atoms with Gasteiger partial charge in [0.05, 0.1) is 22.1 Å². The van der Waals surface area contributed by atoms with E-state index in [0.29, 0.717) is 0 Å². The smallest absolute Gasteiger partial charge is 0.0541 e. The molecule has 0 bridgehead atoms. The predicted molar refractivity (Wildman–Crippen MR) is 189 cm³/mol. The molecule has 2 heterocycles. The van der Waals surface area contributed by atoms with E-state index in [4.69, 9.17) is 0 Å². The number of nitrogens with zero attached hydrogens (tertiary/aromatic N) is 2. The number of rotatable bonds is 7. The summed E-state index contributed by atoms with van der Waals surface area (Å²) in [7, 11) is 0. The highest BCUT2D eigenvalue weighted by molar-refractivity contribution is 8.06. The maximum absolute atomic E-state index is 4.24. The molecular formula is C40H32N2S. The Labute approximate surface area is 256 Å². The second-order valence-electron chi connectivity index (χ2n) is 10.9. The van der Waals surface area contributed by atoms with Gasteiger partial charge >= 0.3 is 0 Å². The molecule has 7 aromatic rings. The zero-order chi connectivity index (χ0) is 29.5. The van der Waals surface area contributed by atoms with Crippen LogP contribution in [0.3, 0.4) is 0 Å². The summed E-state index contributed by atoms with van der Waals surface area (Å²) in [6.45, 7) is 12.3. The molecule has 0 saturated carbocycles. The summed E-state index contributed by atoms with van der Waals surface area (Å²) < 4.78 is 4.73. The van der Waals surface area contributed by atoms with Crippen LogP contribution in [0.15, 0.2) is 156 Å². The molecule has 0 aliphatic rings. The van der Waals surface area contributed by atoms with Crippen molar-refractivity contribution >= 4 is 61.4 Å². The van der Waals surface area contributed by atoms with Gasteiger partial charge < -0.3 is 9.13 Å². The molecule has 0 aliphatic heterocycles. The quantitative estimate of drug-likeness (QED) is 0.173. The number of aromatic nitrogens is 2. The molecule has 208 valence electrons. The average Bonchev–Trinajstić information content (AvgIpc) is 3.56. The van der Waals surface area contributed by atoms with Gasteiger partial charge in [-0.1, -0.05) is 97.7 Å². The molecule has 2 aromatic heterocycles. The fraction of sp³-hybridized carbons (Fsp3) is 0.0500. The molecule has 5 aromatic carbocycles. The molecule has 7 rings (SSSR count). The number of hydrogen-bond donors (Lipinski definition) is 0. The molecule has 0 spiro atoms. The Hall–Kier alpha value is -4.99. The van der Waals surface area contributed by atoms with Gasteiger partial charge in [0.25, 0.3) is 0 Å². The average molecular weight is 573 g/mol. The number of fused-ring (bicyclic) bond motifs is 6. The number of thioether (sulfide) groups is 1. The minimum absolute atomic E-state index is 1.00. The molecular weight excluding hydrogens is 541 g/mol. The Morgan fingerprint density at radius 3 is 1.58 bits per heavy atom. The van der Waals surface area contributed by atoms with Crippen molar-refractivity contribution in [3.05, 3.63) is 162 Å². The number of para-hydroxylation sites is 3. The van der Waals surface area contributed by atoms with Gasteiger partial charge in [0, 0.05) is 37.8 Å². The van der Waals surface area contributed by atoms with Crippen LogP contribution in [-0.2, 0) is 0 Å². The molecule has 0 saturated heterocycles. The third kappa shape index (κ3) is 4.72. The van der Waals surface area contributed by atoms with Crippen LogP contribution < -0.4 is 0 Å². The highest BCUT2D eigenvalue weighted by atomic mass is 32.2. The second-order valence-corrected chi connectivity index (χ2v) is 12.2. The maximum Gasteiger partial charge on any atom is 0.0541 e. The number of allylic oxidation sites excluding steroid dienone is 4. The third-order valence-corrected chi connectivity index (χ3v) is 9.28. The zero-order valence-corrected chi connectivity index (χ0v) is 25.2. The molecule has 0 radical (unpaired) electrons. The summed E-state index contributed by atoms with van der Waals surface area (Å²) >= 11 is 1.68. The topological polar surface area (TPSA) is 9.86 Å². The van der Waals surface area contributed by atoms with E-state index in [1.54, 1.807) is 11.8 Å². The van der Waals surface area contributed by atoms with E-state index in [1.165, 1.54) is 54.1 Å². The van der Waals surface area contributed by atoms with Crippen LogP contribution in [0.25, 0.3) is 61.1 Å². The van der Waals surface area contributed by atoms with E-state index < -0.39 is 0 Å². The van der Waals surface area contributed by atoms with E-state index in [9.17, 15) is 0 Å². The molecule has 0 fully saturated rings. The first-order chi connectivity index (χ1) is 21.0. The Morgan fingerprint density at radius 2 is 1.07 bits per heavy atom. The number of benzene rings is 5. The van der Waals surface area contributed by atoms with E-state index >= 15 is 0 Å². The molecule has 0 unspecified atom stereocenters. The van der Waals surface area contributed by atoms with Crippen molar-refractivity contribution in [2.24, 2.45) is 0 Å². The first kappa shape index (κ1) is 26.9. The van der Waals surface area contributed by atoms with E-state index in [1.807, 2.05) is 6.08 Å². The summed E-state index contributed by atoms with van der Waals surface area (Å²) in [5.74, 6) is 0. The van der Waals surface area contributed by atoms with Gasteiger partial charge in [-0.05, 0) is 90.6 Å². The normalized spacial score (nSPS) is 12.5. The maximum atomic E-state index is 4.24. The van der Waals surface area contributed by atoms with Gasteiger partial charge in [-0.3, -0.25) is 0 Å². The summed E-state index contributed by atoms with van der Waals surface area (Å²) in [6, 6.07) is 41.6. The first-order valence-corrected chi connectivity index (χ1v) is 15.3. The summed E-state index contributed by atoms with van der Waals surface area (Å²) in [6.07, 6.45) is 6.14. The summed E-state index contributed by atoms with van der Waals surface area (Å²) in [5, 5.41) is 5.03. The SMILES string of the molecule is C=C/C(C)=C(\C)SC(=C)/C=C/c1ccc2c(c1)c1ccccc1n2-c1ccc(-n2c3ccccc3c3ccccc32)cc1. The lowest BCUT2D eigenvalue weighted by atomic mass is 10.1. The van der Waals surface area contributed by atoms with Crippen LogP contribution in [0, 0.1) is 0 Å². The van der Waals surface area contributed by atoms with Crippen LogP contribution >= 0.6 is 11.8 Å². The molecule has 0 N–H and O–H groups in total. The first-order valence-electron chi connectivity index (χ1n) is 14.5. The molecule has 0 aliphatic carbocycles. The van der Waals surface area contributed by atoms with Gasteiger partial charge in [0.15, 0.2) is 0 Å². The van der Waals surface area contributed by atoms with E-state index in [-0.39, 0.29) is 0 Å². The summed E-state index contributed by atoms with van der Waals surface area (Å²) in [4.78, 5) is 2.22. The lowest BCUT2D eigenvalue weighted by molar-refractivity contribution is 1.14. The zero-order valence-electron chi connectivity index (χ0n) is 24.4. The van der Waals surface area contributed by atoms with Gasteiger partial charge in [-0.15, -0.1) is 0 Å². The van der Waals surface area contributed by atoms with Crippen molar-refractivity contribution in [3.8, 4) is 11.4 Å². The van der Waals surface area contributed by atoms with Gasteiger partial charge in [-0.25, -0.2) is 0 Å². The van der Waals surface area contributed by atoms with Crippen LogP contribution in [0.2, 0.25) is 0 Å².